The average molecular weight is 256 g/mol. The van der Waals surface area contributed by atoms with E-state index in [1.54, 1.807) is 0 Å². The number of carbonyl (C=O) groups is 1. The molecule has 0 aliphatic heterocycles. The van der Waals surface area contributed by atoms with Crippen molar-refractivity contribution in [1.29, 1.82) is 0 Å². The molecule has 0 heterocycles. The molecule has 1 rings (SSSR count). The summed E-state index contributed by atoms with van der Waals surface area (Å²) in [6.07, 6.45) is 5.38. The van der Waals surface area contributed by atoms with Crippen LogP contribution in [-0.4, -0.2) is 37.2 Å². The molecule has 0 aromatic heterocycles. The van der Waals surface area contributed by atoms with Crippen LogP contribution in [-0.2, 0) is 9.53 Å². The van der Waals surface area contributed by atoms with Crippen molar-refractivity contribution in [2.45, 2.75) is 77.2 Å². The summed E-state index contributed by atoms with van der Waals surface area (Å²) in [6, 6.07) is 0.604. The van der Waals surface area contributed by atoms with Crippen LogP contribution < -0.4 is 10.6 Å². The van der Waals surface area contributed by atoms with Gasteiger partial charge in [-0.3, -0.25) is 4.79 Å². The van der Waals surface area contributed by atoms with Gasteiger partial charge in [-0.05, 0) is 40.2 Å². The quantitative estimate of drug-likeness (QED) is 0.762. The molecule has 0 saturated heterocycles. The first kappa shape index (κ1) is 15.4. The van der Waals surface area contributed by atoms with Crippen LogP contribution in [0.3, 0.4) is 0 Å². The lowest BCUT2D eigenvalue weighted by Gasteiger charge is -2.33. The molecule has 1 fully saturated rings. The first-order valence-electron chi connectivity index (χ1n) is 7.21. The van der Waals surface area contributed by atoms with Crippen molar-refractivity contribution < 1.29 is 9.53 Å². The van der Waals surface area contributed by atoms with E-state index in [0.29, 0.717) is 6.04 Å². The minimum Gasteiger partial charge on any atom is -0.364 e. The van der Waals surface area contributed by atoms with Crippen LogP contribution in [0.4, 0.5) is 0 Å². The van der Waals surface area contributed by atoms with Gasteiger partial charge in [0, 0.05) is 12.1 Å². The Bertz CT molecular complexity index is 258. The zero-order valence-electron chi connectivity index (χ0n) is 12.2. The highest BCUT2D eigenvalue weighted by Gasteiger charge is 2.28. The topological polar surface area (TPSA) is 50.4 Å². The smallest absolute Gasteiger partial charge is 0.249 e. The molecule has 0 spiro atoms. The fraction of sp³-hybridized carbons (Fsp3) is 0.929. The maximum Gasteiger partial charge on any atom is 0.249 e. The van der Waals surface area contributed by atoms with Crippen LogP contribution >= 0.6 is 0 Å². The molecule has 0 bridgehead atoms. The molecule has 1 aliphatic rings. The maximum atomic E-state index is 11.9. The monoisotopic (exact) mass is 256 g/mol. The number of rotatable bonds is 6. The van der Waals surface area contributed by atoms with Gasteiger partial charge in [0.2, 0.25) is 5.91 Å². The van der Waals surface area contributed by atoms with Crippen molar-refractivity contribution in [3.63, 3.8) is 0 Å². The molecular formula is C14H28N2O2. The first-order valence-corrected chi connectivity index (χ1v) is 7.21. The van der Waals surface area contributed by atoms with Gasteiger partial charge in [-0.15, -0.1) is 0 Å². The number of likely N-dealkylation sites (N-methyl/N-ethyl adjacent to an activating group) is 1. The summed E-state index contributed by atoms with van der Waals surface area (Å²) in [6.45, 7) is 5.93. The van der Waals surface area contributed by atoms with Gasteiger partial charge < -0.3 is 15.4 Å². The predicted octanol–water partition coefficient (Wildman–Crippen LogP) is 1.84. The van der Waals surface area contributed by atoms with E-state index in [-0.39, 0.29) is 24.2 Å². The Morgan fingerprint density at radius 3 is 2.61 bits per heavy atom. The van der Waals surface area contributed by atoms with Crippen molar-refractivity contribution >= 4 is 5.91 Å². The van der Waals surface area contributed by atoms with Gasteiger partial charge in [-0.2, -0.15) is 0 Å². The Labute approximate surface area is 111 Å². The van der Waals surface area contributed by atoms with Crippen LogP contribution in [0.2, 0.25) is 0 Å². The van der Waals surface area contributed by atoms with E-state index in [9.17, 15) is 4.79 Å². The second kappa shape index (κ2) is 7.74. The summed E-state index contributed by atoms with van der Waals surface area (Å²) in [5.74, 6) is 0.00442. The Hall–Kier alpha value is -0.610. The van der Waals surface area contributed by atoms with E-state index in [1.807, 2.05) is 20.9 Å². The molecule has 4 atom stereocenters. The van der Waals surface area contributed by atoms with Gasteiger partial charge in [0.1, 0.15) is 6.10 Å². The second-order valence-corrected chi connectivity index (χ2v) is 5.31. The number of nitrogens with one attached hydrogen (secondary N) is 2. The molecule has 1 aliphatic carbocycles. The van der Waals surface area contributed by atoms with Crippen LogP contribution in [0.1, 0.15) is 52.9 Å². The molecule has 1 saturated carbocycles. The van der Waals surface area contributed by atoms with E-state index < -0.39 is 0 Å². The van der Waals surface area contributed by atoms with Crippen molar-refractivity contribution in [2.24, 2.45) is 0 Å². The van der Waals surface area contributed by atoms with E-state index in [4.69, 9.17) is 4.74 Å². The molecule has 2 N–H and O–H groups in total. The number of hydrogen-bond acceptors (Lipinski definition) is 3. The van der Waals surface area contributed by atoms with Crippen LogP contribution in [0.25, 0.3) is 0 Å². The lowest BCUT2D eigenvalue weighted by molar-refractivity contribution is -0.138. The number of amides is 1. The van der Waals surface area contributed by atoms with E-state index in [1.165, 1.54) is 12.8 Å². The minimum absolute atomic E-state index is 0.00442. The van der Waals surface area contributed by atoms with Crippen molar-refractivity contribution in [1.82, 2.24) is 10.6 Å². The third-order valence-corrected chi connectivity index (χ3v) is 3.82. The van der Waals surface area contributed by atoms with Gasteiger partial charge in [0.25, 0.3) is 0 Å². The Kier molecular flexibility index (Phi) is 6.65. The lowest BCUT2D eigenvalue weighted by atomic mass is 9.92. The molecule has 4 unspecified atom stereocenters. The molecule has 0 radical (unpaired) electrons. The highest BCUT2D eigenvalue weighted by Crippen LogP contribution is 2.22. The molecule has 0 aromatic carbocycles. The van der Waals surface area contributed by atoms with Crippen LogP contribution in [0, 0.1) is 0 Å². The maximum absolute atomic E-state index is 11.9. The van der Waals surface area contributed by atoms with E-state index in [2.05, 4.69) is 17.6 Å². The summed E-state index contributed by atoms with van der Waals surface area (Å²) >= 11 is 0. The normalized spacial score (nSPS) is 27.6. The standard InChI is InChI=1S/C14H28N2O2/c1-5-10(2)16-14(17)11(3)18-13-9-7-6-8-12(13)15-4/h10-13,15H,5-9H2,1-4H3,(H,16,17). The number of carbonyl (C=O) groups excluding carboxylic acids is 1. The SMILES string of the molecule is CCC(C)NC(=O)C(C)OC1CCCCC1NC. The molecular weight excluding hydrogens is 228 g/mol. The van der Waals surface area contributed by atoms with E-state index >= 15 is 0 Å². The fourth-order valence-corrected chi connectivity index (χ4v) is 2.38. The van der Waals surface area contributed by atoms with E-state index in [0.717, 1.165) is 19.3 Å². The Morgan fingerprint density at radius 2 is 2.00 bits per heavy atom. The fourth-order valence-electron chi connectivity index (χ4n) is 2.38. The van der Waals surface area contributed by atoms with Gasteiger partial charge in [-0.1, -0.05) is 19.8 Å². The molecule has 4 nitrogen and oxygen atoms in total. The van der Waals surface area contributed by atoms with Crippen molar-refractivity contribution in [3.8, 4) is 0 Å². The molecule has 18 heavy (non-hydrogen) atoms. The molecule has 106 valence electrons. The van der Waals surface area contributed by atoms with Crippen LogP contribution in [0.15, 0.2) is 0 Å². The van der Waals surface area contributed by atoms with Crippen molar-refractivity contribution in [2.75, 3.05) is 7.05 Å². The summed E-state index contributed by atoms with van der Waals surface area (Å²) in [5.41, 5.74) is 0. The molecule has 0 aromatic rings. The van der Waals surface area contributed by atoms with Gasteiger partial charge in [-0.25, -0.2) is 0 Å². The Balaban J connectivity index is 2.42. The highest BCUT2D eigenvalue weighted by atomic mass is 16.5. The largest absolute Gasteiger partial charge is 0.364 e. The first-order chi connectivity index (χ1) is 8.58. The summed E-state index contributed by atoms with van der Waals surface area (Å²) < 4.78 is 5.93. The molecule has 4 heteroatoms. The Morgan fingerprint density at radius 1 is 1.33 bits per heavy atom. The zero-order chi connectivity index (χ0) is 13.5. The molecule has 1 amide bonds. The lowest BCUT2D eigenvalue weighted by Crippen LogP contribution is -2.47. The van der Waals surface area contributed by atoms with Gasteiger partial charge in [0.15, 0.2) is 0 Å². The highest BCUT2D eigenvalue weighted by molar-refractivity contribution is 5.80. The van der Waals surface area contributed by atoms with Gasteiger partial charge >= 0.3 is 0 Å². The van der Waals surface area contributed by atoms with Crippen molar-refractivity contribution in [3.05, 3.63) is 0 Å². The summed E-state index contributed by atoms with van der Waals surface area (Å²) in [4.78, 5) is 11.9. The third-order valence-electron chi connectivity index (χ3n) is 3.82. The third kappa shape index (κ3) is 4.58. The average Bonchev–Trinajstić information content (AvgIpc) is 2.39. The van der Waals surface area contributed by atoms with Crippen LogP contribution in [0.5, 0.6) is 0 Å². The second-order valence-electron chi connectivity index (χ2n) is 5.31. The minimum atomic E-state index is -0.363. The summed E-state index contributed by atoms with van der Waals surface area (Å²) in [7, 11) is 1.97. The summed E-state index contributed by atoms with van der Waals surface area (Å²) in [5, 5.41) is 6.26. The van der Waals surface area contributed by atoms with Gasteiger partial charge in [0.05, 0.1) is 6.10 Å². The predicted molar refractivity (Wildman–Crippen MR) is 73.5 cm³/mol. The zero-order valence-corrected chi connectivity index (χ0v) is 12.2. The number of hydrogen-bond donors (Lipinski definition) is 2. The number of ether oxygens (including phenoxy) is 1.